The lowest BCUT2D eigenvalue weighted by Crippen LogP contribution is -2.50. The number of imide groups is 1. The van der Waals surface area contributed by atoms with E-state index in [1.54, 1.807) is 0 Å². The van der Waals surface area contributed by atoms with E-state index >= 15 is 0 Å². The molecule has 11 heteroatoms. The molecule has 5 aliphatic rings. The Bertz CT molecular complexity index is 761. The maximum atomic E-state index is 12.9. The fraction of sp³-hybridized carbons (Fsp3) is 0.750. The molecule has 27 heavy (non-hydrogen) atoms. The highest BCUT2D eigenvalue weighted by atomic mass is 35.5. The zero-order valence-electron chi connectivity index (χ0n) is 13.7. The third kappa shape index (κ3) is 1.79. The number of nitrogens with zero attached hydrogens (tertiary/aromatic N) is 1. The van der Waals surface area contributed by atoms with Crippen LogP contribution in [-0.4, -0.2) is 49.8 Å². The molecule has 2 amide bonds. The highest BCUT2D eigenvalue weighted by Gasteiger charge is 2.90. The van der Waals surface area contributed by atoms with Gasteiger partial charge in [0, 0.05) is 11.8 Å². The van der Waals surface area contributed by atoms with Crippen LogP contribution in [0.3, 0.4) is 0 Å². The number of alkyl halides is 4. The van der Waals surface area contributed by atoms with Gasteiger partial charge in [-0.05, 0) is 6.42 Å². The van der Waals surface area contributed by atoms with Crippen LogP contribution in [0.25, 0.3) is 0 Å². The van der Waals surface area contributed by atoms with Gasteiger partial charge in [0.1, 0.15) is 9.75 Å². The Labute approximate surface area is 185 Å². The lowest BCUT2D eigenvalue weighted by molar-refractivity contribution is -0.192. The fourth-order valence-corrected chi connectivity index (χ4v) is 8.64. The highest BCUT2D eigenvalue weighted by Crippen LogP contribution is 2.81. The van der Waals surface area contributed by atoms with Crippen molar-refractivity contribution in [3.8, 4) is 0 Å². The Morgan fingerprint density at radius 2 is 1.41 bits per heavy atom. The molecule has 3 aliphatic heterocycles. The standard InChI is InChI=1S/C16H13Cl6NO4/c1-2-3-26-23-12(24)4-5(13(23)25)9-7-6(8(4)27-9)14(19)10(17)11(18)15(7,20)16(14,21)22/h4-9H,2-3H2,1H3/t4-,5-,6+,7+,8-,9+,14-,15-/m1/s1. The molecule has 0 radical (unpaired) electrons. The van der Waals surface area contributed by atoms with Gasteiger partial charge in [0.2, 0.25) is 0 Å². The second-order valence-corrected chi connectivity index (χ2v) is 10.9. The van der Waals surface area contributed by atoms with E-state index < -0.39 is 61.8 Å². The summed E-state index contributed by atoms with van der Waals surface area (Å²) in [5.41, 5.74) is 0. The minimum atomic E-state index is -1.71. The number of rotatable bonds is 3. The zero-order chi connectivity index (χ0) is 19.7. The summed E-state index contributed by atoms with van der Waals surface area (Å²) in [5.74, 6) is -3.48. The van der Waals surface area contributed by atoms with Crippen LogP contribution in [0, 0.1) is 23.7 Å². The van der Waals surface area contributed by atoms with Crippen molar-refractivity contribution in [2.75, 3.05) is 6.61 Å². The van der Waals surface area contributed by atoms with Gasteiger partial charge in [-0.15, -0.1) is 23.2 Å². The predicted octanol–water partition coefficient (Wildman–Crippen LogP) is 3.79. The molecular weight excluding hydrogens is 483 g/mol. The van der Waals surface area contributed by atoms with Gasteiger partial charge in [-0.3, -0.25) is 14.4 Å². The third-order valence-corrected chi connectivity index (χ3v) is 10.9. The van der Waals surface area contributed by atoms with E-state index in [0.717, 1.165) is 5.06 Å². The molecule has 4 fully saturated rings. The topological polar surface area (TPSA) is 55.8 Å². The van der Waals surface area contributed by atoms with Crippen LogP contribution in [0.5, 0.6) is 0 Å². The van der Waals surface area contributed by atoms with E-state index in [1.807, 2.05) is 6.92 Å². The number of halogens is 6. The molecule has 5 rings (SSSR count). The van der Waals surface area contributed by atoms with Crippen LogP contribution in [0.1, 0.15) is 13.3 Å². The summed E-state index contributed by atoms with van der Waals surface area (Å²) in [5, 5.41) is 0.975. The molecule has 1 saturated carbocycles. The Morgan fingerprint density at radius 3 is 1.81 bits per heavy atom. The van der Waals surface area contributed by atoms with Gasteiger partial charge in [-0.2, -0.15) is 5.06 Å². The maximum absolute atomic E-state index is 12.9. The summed E-state index contributed by atoms with van der Waals surface area (Å²) >= 11 is 39.8. The summed E-state index contributed by atoms with van der Waals surface area (Å²) in [6.07, 6.45) is -0.748. The lowest BCUT2D eigenvalue weighted by Gasteiger charge is -2.39. The van der Waals surface area contributed by atoms with Crippen molar-refractivity contribution in [1.29, 1.82) is 0 Å². The van der Waals surface area contributed by atoms with Crippen LogP contribution < -0.4 is 0 Å². The van der Waals surface area contributed by atoms with Crippen molar-refractivity contribution in [1.82, 2.24) is 5.06 Å². The van der Waals surface area contributed by atoms with Crippen molar-refractivity contribution < 1.29 is 19.2 Å². The molecule has 4 bridgehead atoms. The number of allylic oxidation sites excluding steroid dienone is 2. The van der Waals surface area contributed by atoms with Gasteiger partial charge in [0.25, 0.3) is 11.8 Å². The molecule has 0 spiro atoms. The molecule has 3 saturated heterocycles. The summed E-state index contributed by atoms with van der Waals surface area (Å²) in [6.45, 7) is 2.13. The number of carbonyl (C=O) groups is 2. The van der Waals surface area contributed by atoms with E-state index in [0.29, 0.717) is 6.42 Å². The smallest absolute Gasteiger partial charge is 0.260 e. The third-order valence-electron chi connectivity index (χ3n) is 6.56. The van der Waals surface area contributed by atoms with Crippen molar-refractivity contribution in [3.05, 3.63) is 10.1 Å². The Balaban J connectivity index is 1.61. The predicted molar refractivity (Wildman–Crippen MR) is 101 cm³/mol. The average molecular weight is 496 g/mol. The number of amides is 2. The molecule has 0 aromatic rings. The molecule has 2 aliphatic carbocycles. The van der Waals surface area contributed by atoms with Crippen LogP contribution in [0.2, 0.25) is 0 Å². The summed E-state index contributed by atoms with van der Waals surface area (Å²) < 4.78 is 4.33. The van der Waals surface area contributed by atoms with Gasteiger partial charge >= 0.3 is 0 Å². The molecule has 0 aromatic carbocycles. The molecule has 0 aromatic heterocycles. The average Bonchev–Trinajstić information content (AvgIpc) is 3.31. The molecule has 3 heterocycles. The first-order valence-corrected chi connectivity index (χ1v) is 10.8. The van der Waals surface area contributed by atoms with Crippen LogP contribution in [0.4, 0.5) is 0 Å². The summed E-state index contributed by atoms with van der Waals surface area (Å²) in [7, 11) is 0. The van der Waals surface area contributed by atoms with Crippen molar-refractivity contribution >= 4 is 81.4 Å². The highest BCUT2D eigenvalue weighted by molar-refractivity contribution is 6.65. The Kier molecular flexibility index (Phi) is 4.05. The van der Waals surface area contributed by atoms with Gasteiger partial charge in [-0.1, -0.05) is 53.3 Å². The van der Waals surface area contributed by atoms with Crippen molar-refractivity contribution in [3.63, 3.8) is 0 Å². The van der Waals surface area contributed by atoms with Crippen LogP contribution >= 0.6 is 69.6 Å². The first kappa shape index (κ1) is 19.5. The molecule has 0 N–H and O–H groups in total. The van der Waals surface area contributed by atoms with Gasteiger partial charge in [0.15, 0.2) is 4.33 Å². The van der Waals surface area contributed by atoms with Gasteiger partial charge in [0.05, 0.1) is 40.7 Å². The van der Waals surface area contributed by atoms with Gasteiger partial charge < -0.3 is 4.74 Å². The Hall–Kier alpha value is 0.540. The molecular formula is C16H13Cl6NO4. The number of hydroxylamine groups is 2. The summed E-state index contributed by atoms with van der Waals surface area (Å²) in [6, 6.07) is 0. The normalized spacial score (nSPS) is 51.6. The molecule has 8 atom stereocenters. The van der Waals surface area contributed by atoms with E-state index in [2.05, 4.69) is 0 Å². The van der Waals surface area contributed by atoms with E-state index in [-0.39, 0.29) is 16.7 Å². The first-order valence-electron chi connectivity index (χ1n) is 8.54. The minimum Gasteiger partial charge on any atom is -0.373 e. The van der Waals surface area contributed by atoms with E-state index in [1.165, 1.54) is 0 Å². The Morgan fingerprint density at radius 1 is 0.963 bits per heavy atom. The van der Waals surface area contributed by atoms with Crippen molar-refractivity contribution in [2.45, 2.75) is 39.6 Å². The minimum absolute atomic E-state index is 0.0654. The maximum Gasteiger partial charge on any atom is 0.260 e. The van der Waals surface area contributed by atoms with Crippen LogP contribution in [0.15, 0.2) is 10.1 Å². The summed E-state index contributed by atoms with van der Waals surface area (Å²) in [4.78, 5) is 28.1. The first-order chi connectivity index (χ1) is 12.6. The van der Waals surface area contributed by atoms with E-state index in [9.17, 15) is 9.59 Å². The molecule has 5 nitrogen and oxygen atoms in total. The quantitative estimate of drug-likeness (QED) is 0.441. The number of hydrogen-bond donors (Lipinski definition) is 0. The largest absolute Gasteiger partial charge is 0.373 e. The monoisotopic (exact) mass is 493 g/mol. The number of hydrogen-bond acceptors (Lipinski definition) is 4. The lowest BCUT2D eigenvalue weighted by atomic mass is 9.65. The second kappa shape index (κ2) is 5.61. The molecule has 148 valence electrons. The number of carbonyl (C=O) groups excluding carboxylic acids is 2. The van der Waals surface area contributed by atoms with Crippen molar-refractivity contribution in [2.24, 2.45) is 23.7 Å². The zero-order valence-corrected chi connectivity index (χ0v) is 18.3. The SMILES string of the molecule is CCCON1C(=O)[C@H]2[C@H]3O[C@@H]([C@@H]2C1=O)[C@@H]1[C@@H]3[C@@]2(Cl)C(Cl)=C(Cl)[C@@]1(Cl)C2(Cl)Cl. The second-order valence-electron chi connectivity index (χ2n) is 7.60. The van der Waals surface area contributed by atoms with Crippen LogP contribution in [-0.2, 0) is 19.2 Å². The van der Waals surface area contributed by atoms with E-state index in [4.69, 9.17) is 79.2 Å². The number of ether oxygens (including phenoxy) is 1. The fourth-order valence-electron chi connectivity index (χ4n) is 5.58. The number of fused-ring (bicyclic) bond motifs is 12. The molecule has 0 unspecified atom stereocenters. The van der Waals surface area contributed by atoms with Gasteiger partial charge in [-0.25, -0.2) is 0 Å².